The molecule has 1 aliphatic carbocycles. The Balaban J connectivity index is 1.99. The third kappa shape index (κ3) is 2.31. The van der Waals surface area contributed by atoms with E-state index < -0.39 is 0 Å². The van der Waals surface area contributed by atoms with E-state index in [1.807, 2.05) is 6.07 Å². The average molecular weight is 323 g/mol. The summed E-state index contributed by atoms with van der Waals surface area (Å²) in [5.41, 5.74) is 2.32. The van der Waals surface area contributed by atoms with Gasteiger partial charge >= 0.3 is 0 Å². The second-order valence-electron chi connectivity index (χ2n) is 4.85. The Morgan fingerprint density at radius 1 is 1.39 bits per heavy atom. The first-order chi connectivity index (χ1) is 8.74. The summed E-state index contributed by atoms with van der Waals surface area (Å²) < 4.78 is 4.16. The molecule has 1 aromatic heterocycles. The molecule has 0 bridgehead atoms. The van der Waals surface area contributed by atoms with Crippen LogP contribution in [0.4, 0.5) is 0 Å². The minimum atomic E-state index is 0.708. The number of aromatic nitrogens is 2. The van der Waals surface area contributed by atoms with Gasteiger partial charge in [-0.3, -0.25) is 0 Å². The molecular weight excluding hydrogens is 308 g/mol. The zero-order valence-electron chi connectivity index (χ0n) is 10.0. The van der Waals surface area contributed by atoms with Crippen molar-refractivity contribution in [2.45, 2.75) is 25.8 Å². The lowest BCUT2D eigenvalue weighted by atomic mass is 9.94. The van der Waals surface area contributed by atoms with Gasteiger partial charge in [-0.15, -0.1) is 0 Å². The molecule has 0 radical (unpaired) electrons. The number of allylic oxidation sites excluding steroid dienone is 2. The predicted octanol–water partition coefficient (Wildman–Crippen LogP) is 4.82. The van der Waals surface area contributed by atoms with Crippen LogP contribution in [0, 0.1) is 10.7 Å². The molecule has 94 valence electrons. The Kier molecular flexibility index (Phi) is 3.39. The van der Waals surface area contributed by atoms with Gasteiger partial charge in [-0.2, -0.15) is 0 Å². The molecule has 0 spiro atoms. The largest absolute Gasteiger partial charge is 0.331 e. The van der Waals surface area contributed by atoms with E-state index in [2.05, 4.69) is 49.8 Å². The molecule has 3 rings (SSSR count). The maximum absolute atomic E-state index is 5.44. The fourth-order valence-corrected chi connectivity index (χ4v) is 3.22. The van der Waals surface area contributed by atoms with Crippen molar-refractivity contribution in [1.29, 1.82) is 0 Å². The SMILES string of the molecule is S=c1[nH]c2ccc(Br)cc2n1CC1CC=CCC1. The molecule has 1 aromatic carbocycles. The first-order valence-electron chi connectivity index (χ1n) is 6.27. The van der Waals surface area contributed by atoms with Gasteiger partial charge in [0.2, 0.25) is 0 Å². The van der Waals surface area contributed by atoms with Crippen LogP contribution >= 0.6 is 28.1 Å². The smallest absolute Gasteiger partial charge is 0.178 e. The van der Waals surface area contributed by atoms with E-state index in [0.29, 0.717) is 5.92 Å². The van der Waals surface area contributed by atoms with Gasteiger partial charge in [-0.05, 0) is 55.6 Å². The minimum absolute atomic E-state index is 0.708. The number of hydrogen-bond acceptors (Lipinski definition) is 1. The molecule has 0 saturated heterocycles. The number of halogens is 1. The van der Waals surface area contributed by atoms with E-state index in [0.717, 1.165) is 21.3 Å². The second-order valence-corrected chi connectivity index (χ2v) is 6.16. The molecule has 1 unspecified atom stereocenters. The molecule has 0 saturated carbocycles. The molecule has 0 fully saturated rings. The normalized spacial score (nSPS) is 19.5. The first kappa shape index (κ1) is 12.2. The van der Waals surface area contributed by atoms with Crippen molar-refractivity contribution in [1.82, 2.24) is 9.55 Å². The summed E-state index contributed by atoms with van der Waals surface area (Å²) in [5, 5.41) is 0. The number of benzene rings is 1. The maximum Gasteiger partial charge on any atom is 0.178 e. The van der Waals surface area contributed by atoms with Crippen LogP contribution in [-0.4, -0.2) is 9.55 Å². The summed E-state index contributed by atoms with van der Waals surface area (Å²) >= 11 is 8.97. The number of nitrogens with one attached hydrogen (secondary N) is 1. The van der Waals surface area contributed by atoms with Crippen molar-refractivity contribution in [2.24, 2.45) is 5.92 Å². The second kappa shape index (κ2) is 5.02. The van der Waals surface area contributed by atoms with Gasteiger partial charge < -0.3 is 9.55 Å². The number of nitrogens with zero attached hydrogens (tertiary/aromatic N) is 1. The van der Waals surface area contributed by atoms with E-state index in [1.54, 1.807) is 0 Å². The number of aromatic amines is 1. The van der Waals surface area contributed by atoms with Crippen LogP contribution < -0.4 is 0 Å². The molecule has 0 amide bonds. The third-order valence-electron chi connectivity index (χ3n) is 3.56. The fourth-order valence-electron chi connectivity index (χ4n) is 2.59. The summed E-state index contributed by atoms with van der Waals surface area (Å²) in [6.07, 6.45) is 8.20. The summed E-state index contributed by atoms with van der Waals surface area (Å²) in [5.74, 6) is 0.708. The molecule has 2 aromatic rings. The number of hydrogen-bond donors (Lipinski definition) is 1. The van der Waals surface area contributed by atoms with E-state index in [4.69, 9.17) is 12.2 Å². The lowest BCUT2D eigenvalue weighted by Gasteiger charge is -2.18. The van der Waals surface area contributed by atoms with E-state index in [-0.39, 0.29) is 0 Å². The van der Waals surface area contributed by atoms with Crippen LogP contribution in [0.15, 0.2) is 34.8 Å². The number of imidazole rings is 1. The van der Waals surface area contributed by atoms with Gasteiger partial charge in [0.15, 0.2) is 4.77 Å². The fraction of sp³-hybridized carbons (Fsp3) is 0.357. The van der Waals surface area contributed by atoms with Crippen molar-refractivity contribution in [2.75, 3.05) is 0 Å². The van der Waals surface area contributed by atoms with E-state index in [1.165, 1.54) is 24.8 Å². The molecule has 1 atom stereocenters. The molecule has 1 N–H and O–H groups in total. The molecule has 0 aliphatic heterocycles. The molecular formula is C14H15BrN2S. The standard InChI is InChI=1S/C14H15BrN2S/c15-11-6-7-12-13(8-11)17(14(18)16-12)9-10-4-2-1-3-5-10/h1-2,6-8,10H,3-5,9H2,(H,16,18). The predicted molar refractivity (Wildman–Crippen MR) is 81.3 cm³/mol. The molecule has 1 heterocycles. The number of H-pyrrole nitrogens is 1. The van der Waals surface area contributed by atoms with Gasteiger partial charge in [0.25, 0.3) is 0 Å². The molecule has 2 nitrogen and oxygen atoms in total. The van der Waals surface area contributed by atoms with Crippen molar-refractivity contribution < 1.29 is 0 Å². The highest BCUT2D eigenvalue weighted by Crippen LogP contribution is 2.24. The van der Waals surface area contributed by atoms with Crippen molar-refractivity contribution in [3.8, 4) is 0 Å². The highest BCUT2D eigenvalue weighted by molar-refractivity contribution is 9.10. The van der Waals surface area contributed by atoms with Crippen LogP contribution in [0.3, 0.4) is 0 Å². The zero-order chi connectivity index (χ0) is 12.5. The molecule has 4 heteroatoms. The summed E-state index contributed by atoms with van der Waals surface area (Å²) in [6, 6.07) is 6.26. The van der Waals surface area contributed by atoms with Gasteiger partial charge in [0, 0.05) is 11.0 Å². The Morgan fingerprint density at radius 2 is 2.28 bits per heavy atom. The monoisotopic (exact) mass is 322 g/mol. The Bertz CT molecular complexity index is 653. The van der Waals surface area contributed by atoms with Crippen LogP contribution in [0.2, 0.25) is 0 Å². The van der Waals surface area contributed by atoms with E-state index >= 15 is 0 Å². The lowest BCUT2D eigenvalue weighted by molar-refractivity contribution is 0.413. The summed E-state index contributed by atoms with van der Waals surface area (Å²) in [6.45, 7) is 1.01. The quantitative estimate of drug-likeness (QED) is 0.621. The molecule has 1 aliphatic rings. The van der Waals surface area contributed by atoms with Crippen molar-refractivity contribution in [3.05, 3.63) is 39.6 Å². The highest BCUT2D eigenvalue weighted by atomic mass is 79.9. The van der Waals surface area contributed by atoms with Crippen LogP contribution in [0.25, 0.3) is 11.0 Å². The highest BCUT2D eigenvalue weighted by Gasteiger charge is 2.13. The number of fused-ring (bicyclic) bond motifs is 1. The third-order valence-corrected chi connectivity index (χ3v) is 4.37. The van der Waals surface area contributed by atoms with Gasteiger partial charge in [0.05, 0.1) is 11.0 Å². The maximum atomic E-state index is 5.44. The van der Waals surface area contributed by atoms with Crippen LogP contribution in [0.1, 0.15) is 19.3 Å². The zero-order valence-corrected chi connectivity index (χ0v) is 12.4. The minimum Gasteiger partial charge on any atom is -0.331 e. The van der Waals surface area contributed by atoms with Crippen LogP contribution in [-0.2, 0) is 6.54 Å². The Labute approximate surface area is 120 Å². The van der Waals surface area contributed by atoms with E-state index in [9.17, 15) is 0 Å². The summed E-state index contributed by atoms with van der Waals surface area (Å²) in [4.78, 5) is 3.28. The Morgan fingerprint density at radius 3 is 3.06 bits per heavy atom. The lowest BCUT2D eigenvalue weighted by Crippen LogP contribution is -2.12. The average Bonchev–Trinajstić information content (AvgIpc) is 2.67. The van der Waals surface area contributed by atoms with Gasteiger partial charge in [-0.25, -0.2) is 0 Å². The first-order valence-corrected chi connectivity index (χ1v) is 7.47. The van der Waals surface area contributed by atoms with Gasteiger partial charge in [0.1, 0.15) is 0 Å². The number of rotatable bonds is 2. The van der Waals surface area contributed by atoms with Gasteiger partial charge in [-0.1, -0.05) is 28.1 Å². The van der Waals surface area contributed by atoms with Crippen molar-refractivity contribution in [3.63, 3.8) is 0 Å². The Hall–Kier alpha value is -0.870. The molecule has 18 heavy (non-hydrogen) atoms. The van der Waals surface area contributed by atoms with Crippen molar-refractivity contribution >= 4 is 39.2 Å². The topological polar surface area (TPSA) is 20.7 Å². The summed E-state index contributed by atoms with van der Waals surface area (Å²) in [7, 11) is 0. The van der Waals surface area contributed by atoms with Crippen LogP contribution in [0.5, 0.6) is 0 Å².